The van der Waals surface area contributed by atoms with Gasteiger partial charge >= 0.3 is 5.97 Å². The highest BCUT2D eigenvalue weighted by atomic mass is 32.2. The normalized spacial score (nSPS) is 16.3. The molecular weight excluding hydrogens is 464 g/mol. The molecular formula is C22H34N4O7S. The van der Waals surface area contributed by atoms with Gasteiger partial charge < -0.3 is 37.0 Å². The largest absolute Gasteiger partial charge is 0.480 e. The highest BCUT2D eigenvalue weighted by Crippen LogP contribution is 2.06. The first-order chi connectivity index (χ1) is 16.0. The minimum Gasteiger partial charge on any atom is -0.480 e. The molecule has 0 aromatic heterocycles. The molecule has 0 bridgehead atoms. The van der Waals surface area contributed by atoms with Gasteiger partial charge in [0.15, 0.2) is 6.04 Å². The van der Waals surface area contributed by atoms with Crippen LogP contribution in [0.1, 0.15) is 25.8 Å². The molecule has 190 valence electrons. The molecule has 0 aliphatic rings. The number of nitrogens with two attached hydrogens (primary N) is 1. The molecule has 0 saturated heterocycles. The lowest BCUT2D eigenvalue weighted by molar-refractivity contribution is -0.145. The van der Waals surface area contributed by atoms with Gasteiger partial charge in [-0.05, 0) is 44.3 Å². The molecule has 0 radical (unpaired) electrons. The van der Waals surface area contributed by atoms with Gasteiger partial charge in [-0.25, -0.2) is 4.79 Å². The third kappa shape index (κ3) is 9.67. The molecule has 0 saturated carbocycles. The molecule has 0 spiro atoms. The molecule has 8 N–H and O–H groups in total. The van der Waals surface area contributed by atoms with Crippen LogP contribution in [0.5, 0.6) is 0 Å². The van der Waals surface area contributed by atoms with E-state index in [0.29, 0.717) is 5.75 Å². The van der Waals surface area contributed by atoms with Crippen molar-refractivity contribution in [3.05, 3.63) is 35.9 Å². The first-order valence-corrected chi connectivity index (χ1v) is 12.2. The number of aliphatic hydroxyl groups excluding tert-OH is 2. The Morgan fingerprint density at radius 1 is 0.912 bits per heavy atom. The Balaban J connectivity index is 2.89. The van der Waals surface area contributed by atoms with Gasteiger partial charge in [0.1, 0.15) is 12.1 Å². The highest BCUT2D eigenvalue weighted by Gasteiger charge is 2.33. The second kappa shape index (κ2) is 14.6. The van der Waals surface area contributed by atoms with Crippen molar-refractivity contribution in [3.63, 3.8) is 0 Å². The van der Waals surface area contributed by atoms with E-state index in [-0.39, 0.29) is 12.8 Å². The molecule has 12 heteroatoms. The topological polar surface area (TPSA) is 191 Å². The zero-order valence-corrected chi connectivity index (χ0v) is 20.2. The molecule has 0 aliphatic carbocycles. The highest BCUT2D eigenvalue weighted by molar-refractivity contribution is 7.98. The number of hydrogen-bond acceptors (Lipinski definition) is 8. The Morgan fingerprint density at radius 2 is 1.47 bits per heavy atom. The fourth-order valence-electron chi connectivity index (χ4n) is 3.03. The minimum atomic E-state index is -1.57. The van der Waals surface area contributed by atoms with E-state index in [9.17, 15) is 34.5 Å². The number of nitrogens with one attached hydrogen (secondary N) is 3. The van der Waals surface area contributed by atoms with E-state index in [1.807, 2.05) is 6.07 Å². The summed E-state index contributed by atoms with van der Waals surface area (Å²) in [6, 6.07) is 3.95. The van der Waals surface area contributed by atoms with Gasteiger partial charge in [-0.1, -0.05) is 30.3 Å². The maximum atomic E-state index is 12.9. The maximum absolute atomic E-state index is 12.9. The van der Waals surface area contributed by atoms with E-state index in [0.717, 1.165) is 5.56 Å². The number of benzene rings is 1. The molecule has 1 rings (SSSR count). The molecule has 1 aromatic carbocycles. The predicted molar refractivity (Wildman–Crippen MR) is 128 cm³/mol. The number of aliphatic hydroxyl groups is 2. The monoisotopic (exact) mass is 498 g/mol. The molecule has 1 aromatic rings. The molecule has 0 heterocycles. The zero-order chi connectivity index (χ0) is 25.8. The van der Waals surface area contributed by atoms with Crippen molar-refractivity contribution in [2.75, 3.05) is 12.0 Å². The van der Waals surface area contributed by atoms with Gasteiger partial charge in [-0.2, -0.15) is 11.8 Å². The van der Waals surface area contributed by atoms with Crippen molar-refractivity contribution in [2.24, 2.45) is 5.73 Å². The summed E-state index contributed by atoms with van der Waals surface area (Å²) in [7, 11) is 0. The van der Waals surface area contributed by atoms with Gasteiger partial charge in [0.05, 0.1) is 18.2 Å². The van der Waals surface area contributed by atoms with Crippen molar-refractivity contribution < 1.29 is 34.5 Å². The number of hydrogen-bond donors (Lipinski definition) is 7. The van der Waals surface area contributed by atoms with Gasteiger partial charge in [-0.3, -0.25) is 14.4 Å². The van der Waals surface area contributed by atoms with Crippen molar-refractivity contribution in [3.8, 4) is 0 Å². The van der Waals surface area contributed by atoms with Gasteiger partial charge in [0.2, 0.25) is 17.7 Å². The first kappa shape index (κ1) is 29.4. The number of aliphatic carboxylic acids is 1. The Hall–Kier alpha value is -2.67. The zero-order valence-electron chi connectivity index (χ0n) is 19.4. The van der Waals surface area contributed by atoms with Crippen LogP contribution in [0.3, 0.4) is 0 Å². The van der Waals surface area contributed by atoms with Crippen LogP contribution in [0.25, 0.3) is 0 Å². The fraction of sp³-hybridized carbons (Fsp3) is 0.545. The lowest BCUT2D eigenvalue weighted by Crippen LogP contribution is -2.60. The van der Waals surface area contributed by atoms with Crippen LogP contribution in [0, 0.1) is 0 Å². The van der Waals surface area contributed by atoms with E-state index in [4.69, 9.17) is 5.73 Å². The van der Waals surface area contributed by atoms with Crippen LogP contribution < -0.4 is 21.7 Å². The average molecular weight is 499 g/mol. The van der Waals surface area contributed by atoms with E-state index in [2.05, 4.69) is 16.0 Å². The molecule has 6 unspecified atom stereocenters. The van der Waals surface area contributed by atoms with Gasteiger partial charge in [0.25, 0.3) is 0 Å². The maximum Gasteiger partial charge on any atom is 0.328 e. The third-order valence-electron chi connectivity index (χ3n) is 4.99. The van der Waals surface area contributed by atoms with Gasteiger partial charge in [-0.15, -0.1) is 0 Å². The molecule has 0 fully saturated rings. The number of rotatable bonds is 14. The molecule has 3 amide bonds. The van der Waals surface area contributed by atoms with Crippen LogP contribution in [-0.2, 0) is 25.6 Å². The fourth-order valence-corrected chi connectivity index (χ4v) is 3.51. The van der Waals surface area contributed by atoms with Crippen molar-refractivity contribution in [1.82, 2.24) is 16.0 Å². The number of carboxylic acids is 1. The first-order valence-electron chi connectivity index (χ1n) is 10.8. The standard InChI is InChI=1S/C22H34N4O7S/c1-12(27)17(25-19(29)15(23)11-14-7-5-4-6-8-14)21(31)24-16(9-10-34-3)20(30)26-18(13(2)28)22(32)33/h4-8,12-13,15-18,27-28H,9-11,23H2,1-3H3,(H,24,31)(H,25,29)(H,26,30)(H,32,33). The number of thioether (sulfide) groups is 1. The Morgan fingerprint density at radius 3 is 1.97 bits per heavy atom. The summed E-state index contributed by atoms with van der Waals surface area (Å²) in [6.45, 7) is 2.52. The Bertz CT molecular complexity index is 823. The number of carbonyl (C=O) groups is 4. The molecule has 11 nitrogen and oxygen atoms in total. The number of carboxylic acid groups (broad SMARTS) is 1. The minimum absolute atomic E-state index is 0.152. The van der Waals surface area contributed by atoms with E-state index >= 15 is 0 Å². The second-order valence-electron chi connectivity index (χ2n) is 7.93. The predicted octanol–water partition coefficient (Wildman–Crippen LogP) is -1.39. The van der Waals surface area contributed by atoms with E-state index in [1.165, 1.54) is 25.6 Å². The van der Waals surface area contributed by atoms with Crippen molar-refractivity contribution in [2.45, 2.75) is 63.1 Å². The summed E-state index contributed by atoms with van der Waals surface area (Å²) in [5, 5.41) is 36.0. The smallest absolute Gasteiger partial charge is 0.328 e. The quantitative estimate of drug-likeness (QED) is 0.162. The summed E-state index contributed by atoms with van der Waals surface area (Å²) in [6.07, 6.45) is -0.510. The summed E-state index contributed by atoms with van der Waals surface area (Å²) in [4.78, 5) is 49.3. The lowest BCUT2D eigenvalue weighted by atomic mass is 10.0. The number of carbonyl (C=O) groups excluding carboxylic acids is 3. The molecule has 0 aliphatic heterocycles. The summed E-state index contributed by atoms with van der Waals surface area (Å²) < 4.78 is 0. The third-order valence-corrected chi connectivity index (χ3v) is 5.63. The summed E-state index contributed by atoms with van der Waals surface area (Å²) >= 11 is 1.40. The Kier molecular flexibility index (Phi) is 12.6. The van der Waals surface area contributed by atoms with Crippen molar-refractivity contribution >= 4 is 35.5 Å². The van der Waals surface area contributed by atoms with Crippen LogP contribution >= 0.6 is 11.8 Å². The van der Waals surface area contributed by atoms with Crippen LogP contribution in [0.2, 0.25) is 0 Å². The lowest BCUT2D eigenvalue weighted by Gasteiger charge is -2.26. The summed E-state index contributed by atoms with van der Waals surface area (Å²) in [5.74, 6) is -3.28. The Labute approximate surface area is 202 Å². The van der Waals surface area contributed by atoms with Crippen LogP contribution in [0.4, 0.5) is 0 Å². The van der Waals surface area contributed by atoms with Gasteiger partial charge in [0, 0.05) is 0 Å². The molecule has 6 atom stereocenters. The van der Waals surface area contributed by atoms with Crippen LogP contribution in [0.15, 0.2) is 30.3 Å². The summed E-state index contributed by atoms with van der Waals surface area (Å²) in [5.41, 5.74) is 6.78. The SMILES string of the molecule is CSCCC(NC(=O)C(NC(=O)C(N)Cc1ccccc1)C(C)O)C(=O)NC(C(=O)O)C(C)O. The average Bonchev–Trinajstić information content (AvgIpc) is 2.77. The van der Waals surface area contributed by atoms with Crippen molar-refractivity contribution in [1.29, 1.82) is 0 Å². The molecule has 34 heavy (non-hydrogen) atoms. The second-order valence-corrected chi connectivity index (χ2v) is 8.92. The van der Waals surface area contributed by atoms with Crippen LogP contribution in [-0.4, -0.2) is 87.4 Å². The van der Waals surface area contributed by atoms with E-state index in [1.54, 1.807) is 30.5 Å². The van der Waals surface area contributed by atoms with E-state index < -0.39 is 60.1 Å². The number of amides is 3.